The minimum Gasteiger partial charge on any atom is -0.383 e. The third-order valence-electron chi connectivity index (χ3n) is 3.12. The summed E-state index contributed by atoms with van der Waals surface area (Å²) in [6.07, 6.45) is 1.46. The number of hydrogen-bond donors (Lipinski definition) is 2. The maximum absolute atomic E-state index is 12.4. The van der Waals surface area contributed by atoms with Crippen molar-refractivity contribution >= 4 is 31.8 Å². The predicted molar refractivity (Wildman–Crippen MR) is 86.3 cm³/mol. The van der Waals surface area contributed by atoms with Crippen molar-refractivity contribution in [3.63, 3.8) is 0 Å². The van der Waals surface area contributed by atoms with Gasteiger partial charge in [-0.15, -0.1) is 0 Å². The fourth-order valence-electron chi connectivity index (χ4n) is 2.08. The standard InChI is InChI=1S/C14H16BrN3O2S/c1-9-5-3-4-6-12(9)10(2)18-21(19,20)13-7-11(15)8-17-14(13)16/h3-8,10,18H,1-2H3,(H2,16,17). The van der Waals surface area contributed by atoms with Gasteiger partial charge in [0.15, 0.2) is 0 Å². The number of anilines is 1. The first-order valence-electron chi connectivity index (χ1n) is 6.30. The molecular formula is C14H16BrN3O2S. The van der Waals surface area contributed by atoms with Crippen LogP contribution in [0.15, 0.2) is 45.9 Å². The van der Waals surface area contributed by atoms with Gasteiger partial charge in [0.05, 0.1) is 0 Å². The van der Waals surface area contributed by atoms with E-state index < -0.39 is 10.0 Å². The third kappa shape index (κ3) is 3.61. The van der Waals surface area contributed by atoms with Crippen molar-refractivity contribution < 1.29 is 8.42 Å². The van der Waals surface area contributed by atoms with Crippen LogP contribution < -0.4 is 10.5 Å². The molecule has 1 unspecified atom stereocenters. The first-order valence-corrected chi connectivity index (χ1v) is 8.58. The van der Waals surface area contributed by atoms with Gasteiger partial charge in [-0.2, -0.15) is 0 Å². The van der Waals surface area contributed by atoms with Crippen molar-refractivity contribution in [2.75, 3.05) is 5.73 Å². The van der Waals surface area contributed by atoms with Crippen molar-refractivity contribution in [2.24, 2.45) is 0 Å². The highest BCUT2D eigenvalue weighted by atomic mass is 79.9. The molecule has 0 aliphatic carbocycles. The average molecular weight is 370 g/mol. The summed E-state index contributed by atoms with van der Waals surface area (Å²) >= 11 is 3.20. The second kappa shape index (κ2) is 6.13. The molecule has 0 spiro atoms. The molecule has 1 heterocycles. The Hall–Kier alpha value is -1.44. The van der Waals surface area contributed by atoms with Crippen LogP contribution in [0.5, 0.6) is 0 Å². The number of benzene rings is 1. The van der Waals surface area contributed by atoms with E-state index >= 15 is 0 Å². The molecule has 3 N–H and O–H groups in total. The van der Waals surface area contributed by atoms with Crippen molar-refractivity contribution in [1.29, 1.82) is 0 Å². The molecule has 1 aromatic heterocycles. The Kier molecular flexibility index (Phi) is 4.65. The van der Waals surface area contributed by atoms with Crippen molar-refractivity contribution in [3.8, 4) is 0 Å². The zero-order chi connectivity index (χ0) is 15.6. The highest BCUT2D eigenvalue weighted by Crippen LogP contribution is 2.24. The number of sulfonamides is 1. The predicted octanol–water partition coefficient (Wildman–Crippen LogP) is 2.77. The molecule has 7 heteroatoms. The Bertz CT molecular complexity index is 763. The van der Waals surface area contributed by atoms with Gasteiger partial charge in [0.2, 0.25) is 10.0 Å². The Morgan fingerprint density at radius 1 is 1.33 bits per heavy atom. The first kappa shape index (κ1) is 15.9. The summed E-state index contributed by atoms with van der Waals surface area (Å²) in [5.41, 5.74) is 7.61. The van der Waals surface area contributed by atoms with Crippen LogP contribution in [0.1, 0.15) is 24.1 Å². The minimum absolute atomic E-state index is 0.0253. The van der Waals surface area contributed by atoms with Gasteiger partial charge in [0.1, 0.15) is 10.7 Å². The van der Waals surface area contributed by atoms with Crippen molar-refractivity contribution in [2.45, 2.75) is 24.8 Å². The number of nitrogens with zero attached hydrogens (tertiary/aromatic N) is 1. The number of nitrogens with one attached hydrogen (secondary N) is 1. The summed E-state index contributed by atoms with van der Waals surface area (Å²) < 4.78 is 28.1. The molecule has 2 rings (SSSR count). The summed E-state index contributed by atoms with van der Waals surface area (Å²) in [7, 11) is -3.75. The molecule has 112 valence electrons. The number of aryl methyl sites for hydroxylation is 1. The van der Waals surface area contributed by atoms with Crippen molar-refractivity contribution in [1.82, 2.24) is 9.71 Å². The van der Waals surface area contributed by atoms with Gasteiger partial charge >= 0.3 is 0 Å². The maximum atomic E-state index is 12.4. The second-order valence-electron chi connectivity index (χ2n) is 4.74. The Balaban J connectivity index is 2.34. The number of rotatable bonds is 4. The lowest BCUT2D eigenvalue weighted by Crippen LogP contribution is -2.28. The lowest BCUT2D eigenvalue weighted by molar-refractivity contribution is 0.566. The lowest BCUT2D eigenvalue weighted by Gasteiger charge is -2.17. The molecule has 0 saturated carbocycles. The smallest absolute Gasteiger partial charge is 0.244 e. The average Bonchev–Trinajstić information content (AvgIpc) is 2.41. The van der Waals surface area contributed by atoms with Gasteiger partial charge in [-0.25, -0.2) is 18.1 Å². The van der Waals surface area contributed by atoms with Crippen LogP contribution in [0, 0.1) is 6.92 Å². The van der Waals surface area contributed by atoms with E-state index in [0.29, 0.717) is 4.47 Å². The van der Waals surface area contributed by atoms with Crippen molar-refractivity contribution in [3.05, 3.63) is 52.1 Å². The van der Waals surface area contributed by atoms with E-state index in [4.69, 9.17) is 5.73 Å². The fourth-order valence-corrected chi connectivity index (χ4v) is 3.89. The summed E-state index contributed by atoms with van der Waals surface area (Å²) in [5, 5.41) is 0. The highest BCUT2D eigenvalue weighted by Gasteiger charge is 2.22. The zero-order valence-corrected chi connectivity index (χ0v) is 14.1. The third-order valence-corrected chi connectivity index (χ3v) is 5.13. The van der Waals surface area contributed by atoms with E-state index in [1.54, 1.807) is 6.92 Å². The normalized spacial score (nSPS) is 13.1. The van der Waals surface area contributed by atoms with E-state index in [1.165, 1.54) is 12.3 Å². The molecule has 1 aromatic carbocycles. The van der Waals surface area contributed by atoms with E-state index in [0.717, 1.165) is 11.1 Å². The Morgan fingerprint density at radius 3 is 2.67 bits per heavy atom. The SMILES string of the molecule is Cc1ccccc1C(C)NS(=O)(=O)c1cc(Br)cnc1N. The van der Waals surface area contributed by atoms with Crippen LogP contribution in [-0.4, -0.2) is 13.4 Å². The van der Waals surface area contributed by atoms with Gasteiger partial charge in [0.25, 0.3) is 0 Å². The van der Waals surface area contributed by atoms with E-state index in [-0.39, 0.29) is 16.8 Å². The molecule has 0 aliphatic rings. The molecule has 0 fully saturated rings. The molecule has 1 atom stereocenters. The number of pyridine rings is 1. The number of nitrogen functional groups attached to an aromatic ring is 1. The number of hydrogen-bond acceptors (Lipinski definition) is 4. The van der Waals surface area contributed by atoms with Gasteiger partial charge in [-0.3, -0.25) is 0 Å². The summed E-state index contributed by atoms with van der Waals surface area (Å²) in [4.78, 5) is 3.82. The zero-order valence-electron chi connectivity index (χ0n) is 11.7. The maximum Gasteiger partial charge on any atom is 0.244 e. The Labute approximate surface area is 132 Å². The molecule has 0 saturated heterocycles. The quantitative estimate of drug-likeness (QED) is 0.867. The molecule has 0 radical (unpaired) electrons. The van der Waals surface area contributed by atoms with Gasteiger partial charge in [-0.1, -0.05) is 24.3 Å². The van der Waals surface area contributed by atoms with Crippen LogP contribution >= 0.6 is 15.9 Å². The Morgan fingerprint density at radius 2 is 2.00 bits per heavy atom. The lowest BCUT2D eigenvalue weighted by atomic mass is 10.0. The summed E-state index contributed by atoms with van der Waals surface area (Å²) in [5.74, 6) is -0.0253. The minimum atomic E-state index is -3.75. The number of nitrogens with two attached hydrogens (primary N) is 1. The van der Waals surface area contributed by atoms with E-state index in [9.17, 15) is 8.42 Å². The molecule has 0 bridgehead atoms. The number of halogens is 1. The number of aromatic nitrogens is 1. The fraction of sp³-hybridized carbons (Fsp3) is 0.214. The monoisotopic (exact) mass is 369 g/mol. The van der Waals surface area contributed by atoms with Gasteiger partial charge in [-0.05, 0) is 47.0 Å². The van der Waals surface area contributed by atoms with Gasteiger partial charge < -0.3 is 5.73 Å². The van der Waals surface area contributed by atoms with Crippen LogP contribution in [-0.2, 0) is 10.0 Å². The molecular weight excluding hydrogens is 354 g/mol. The van der Waals surface area contributed by atoms with E-state index in [1.807, 2.05) is 31.2 Å². The molecule has 21 heavy (non-hydrogen) atoms. The second-order valence-corrected chi connectivity index (χ2v) is 7.33. The van der Waals surface area contributed by atoms with Crippen LogP contribution in [0.2, 0.25) is 0 Å². The molecule has 2 aromatic rings. The first-order chi connectivity index (χ1) is 9.81. The van der Waals surface area contributed by atoms with Crippen LogP contribution in [0.4, 0.5) is 5.82 Å². The highest BCUT2D eigenvalue weighted by molar-refractivity contribution is 9.10. The van der Waals surface area contributed by atoms with Crippen LogP contribution in [0.25, 0.3) is 0 Å². The van der Waals surface area contributed by atoms with Crippen LogP contribution in [0.3, 0.4) is 0 Å². The largest absolute Gasteiger partial charge is 0.383 e. The molecule has 0 amide bonds. The summed E-state index contributed by atoms with van der Waals surface area (Å²) in [6.45, 7) is 3.73. The van der Waals surface area contributed by atoms with Gasteiger partial charge in [0, 0.05) is 16.7 Å². The molecule has 5 nitrogen and oxygen atoms in total. The van der Waals surface area contributed by atoms with E-state index in [2.05, 4.69) is 25.6 Å². The summed E-state index contributed by atoms with van der Waals surface area (Å²) in [6, 6.07) is 8.70. The topological polar surface area (TPSA) is 85.1 Å². The molecule has 0 aliphatic heterocycles.